The molecular formula is C41H24N4S. The van der Waals surface area contributed by atoms with Gasteiger partial charge in [-0.05, 0) is 34.5 Å². The van der Waals surface area contributed by atoms with Gasteiger partial charge in [0.2, 0.25) is 5.95 Å². The standard InChI is InChI=1S/C41H24N4S/c1-2-11-27(12-3-1)39-42-40(28-21-22-31-30-16-6-7-19-35(30)46-36(31)24-28)44-41(43-39)45-34-18-9-14-26-13-8-17-32(37(26)34)33-23-20-25-10-4-5-15-29(25)38(33)45/h1-24H. The van der Waals surface area contributed by atoms with Gasteiger partial charge in [-0.3, -0.25) is 4.90 Å². The Morgan fingerprint density at radius 1 is 0.457 bits per heavy atom. The molecule has 46 heavy (non-hydrogen) atoms. The van der Waals surface area contributed by atoms with Crippen LogP contribution in [-0.2, 0) is 0 Å². The van der Waals surface area contributed by atoms with Gasteiger partial charge >= 0.3 is 0 Å². The van der Waals surface area contributed by atoms with Crippen molar-refractivity contribution >= 4 is 70.4 Å². The second kappa shape index (κ2) is 9.80. The highest BCUT2D eigenvalue weighted by molar-refractivity contribution is 7.25. The highest BCUT2D eigenvalue weighted by Crippen LogP contribution is 2.52. The zero-order valence-electron chi connectivity index (χ0n) is 24.6. The molecule has 0 bridgehead atoms. The van der Waals surface area contributed by atoms with Gasteiger partial charge in [0.1, 0.15) is 0 Å². The van der Waals surface area contributed by atoms with Crippen molar-refractivity contribution in [2.45, 2.75) is 0 Å². The fourth-order valence-electron chi connectivity index (χ4n) is 6.95. The van der Waals surface area contributed by atoms with E-state index < -0.39 is 0 Å². The van der Waals surface area contributed by atoms with Gasteiger partial charge in [-0.1, -0.05) is 127 Å². The molecule has 3 heterocycles. The zero-order valence-corrected chi connectivity index (χ0v) is 25.4. The molecule has 0 saturated heterocycles. The summed E-state index contributed by atoms with van der Waals surface area (Å²) in [6.45, 7) is 0. The highest BCUT2D eigenvalue weighted by Gasteiger charge is 2.30. The zero-order chi connectivity index (χ0) is 30.2. The van der Waals surface area contributed by atoms with E-state index in [9.17, 15) is 0 Å². The topological polar surface area (TPSA) is 41.9 Å². The van der Waals surface area contributed by atoms with Crippen LogP contribution >= 0.6 is 11.3 Å². The van der Waals surface area contributed by atoms with E-state index in [2.05, 4.69) is 132 Å². The summed E-state index contributed by atoms with van der Waals surface area (Å²) in [4.78, 5) is 17.9. The minimum Gasteiger partial charge on any atom is -0.277 e. The third-order valence-electron chi connectivity index (χ3n) is 9.03. The molecule has 10 rings (SSSR count). The first-order chi connectivity index (χ1) is 22.8. The smallest absolute Gasteiger partial charge is 0.238 e. The van der Waals surface area contributed by atoms with Gasteiger partial charge in [0.15, 0.2) is 11.6 Å². The number of anilines is 3. The van der Waals surface area contributed by atoms with Crippen molar-refractivity contribution < 1.29 is 0 Å². The Morgan fingerprint density at radius 2 is 1.17 bits per heavy atom. The Balaban J connectivity index is 1.28. The van der Waals surface area contributed by atoms with Crippen LogP contribution in [0, 0.1) is 0 Å². The summed E-state index contributed by atoms with van der Waals surface area (Å²) in [6.07, 6.45) is 0. The molecule has 9 aromatic rings. The Morgan fingerprint density at radius 3 is 2.07 bits per heavy atom. The van der Waals surface area contributed by atoms with E-state index in [4.69, 9.17) is 15.0 Å². The van der Waals surface area contributed by atoms with Crippen molar-refractivity contribution in [2.24, 2.45) is 0 Å². The number of benzene rings is 7. The Hall–Kier alpha value is -5.91. The van der Waals surface area contributed by atoms with Crippen molar-refractivity contribution in [3.8, 4) is 33.9 Å². The summed E-state index contributed by atoms with van der Waals surface area (Å²) in [6, 6.07) is 51.4. The number of rotatable bonds is 3. The molecule has 4 nitrogen and oxygen atoms in total. The lowest BCUT2D eigenvalue weighted by Crippen LogP contribution is -2.19. The van der Waals surface area contributed by atoms with Gasteiger partial charge in [0.05, 0.1) is 11.4 Å². The molecule has 1 aliphatic heterocycles. The van der Waals surface area contributed by atoms with Crippen LogP contribution in [0.1, 0.15) is 0 Å². The molecule has 0 N–H and O–H groups in total. The second-order valence-corrected chi connectivity index (χ2v) is 12.7. The largest absolute Gasteiger partial charge is 0.277 e. The van der Waals surface area contributed by atoms with E-state index in [1.807, 2.05) is 18.2 Å². The minimum atomic E-state index is 0.597. The number of hydrogen-bond donors (Lipinski definition) is 0. The minimum absolute atomic E-state index is 0.597. The van der Waals surface area contributed by atoms with Crippen LogP contribution in [0.15, 0.2) is 146 Å². The van der Waals surface area contributed by atoms with Crippen molar-refractivity contribution in [1.82, 2.24) is 15.0 Å². The first-order valence-corrected chi connectivity index (χ1v) is 16.2. The fourth-order valence-corrected chi connectivity index (χ4v) is 8.09. The molecule has 5 heteroatoms. The van der Waals surface area contributed by atoms with Crippen molar-refractivity contribution in [3.05, 3.63) is 146 Å². The summed E-state index contributed by atoms with van der Waals surface area (Å²) in [5.41, 5.74) is 6.45. The van der Waals surface area contributed by atoms with Crippen LogP contribution in [0.5, 0.6) is 0 Å². The number of nitrogens with zero attached hydrogens (tertiary/aromatic N) is 4. The summed E-state index contributed by atoms with van der Waals surface area (Å²) >= 11 is 1.80. The maximum Gasteiger partial charge on any atom is 0.238 e. The molecule has 1 aliphatic rings. The number of aromatic nitrogens is 3. The van der Waals surface area contributed by atoms with Crippen LogP contribution in [0.2, 0.25) is 0 Å². The first kappa shape index (κ1) is 25.4. The Bertz CT molecular complexity index is 2650. The molecule has 7 aromatic carbocycles. The average Bonchev–Trinajstić information content (AvgIpc) is 3.50. The predicted molar refractivity (Wildman–Crippen MR) is 192 cm³/mol. The summed E-state index contributed by atoms with van der Waals surface area (Å²) in [7, 11) is 0. The van der Waals surface area contributed by atoms with Gasteiger partial charge in [-0.2, -0.15) is 9.97 Å². The van der Waals surface area contributed by atoms with Crippen molar-refractivity contribution in [1.29, 1.82) is 0 Å². The molecule has 2 aromatic heterocycles. The van der Waals surface area contributed by atoms with Crippen LogP contribution in [0.3, 0.4) is 0 Å². The predicted octanol–water partition coefficient (Wildman–Crippen LogP) is 11.3. The molecule has 214 valence electrons. The lowest BCUT2D eigenvalue weighted by atomic mass is 9.89. The lowest BCUT2D eigenvalue weighted by molar-refractivity contribution is 1.03. The monoisotopic (exact) mass is 604 g/mol. The van der Waals surface area contributed by atoms with Crippen molar-refractivity contribution in [3.63, 3.8) is 0 Å². The van der Waals surface area contributed by atoms with Gasteiger partial charge in [0, 0.05) is 47.6 Å². The molecule has 0 fully saturated rings. The molecule has 0 amide bonds. The molecule has 0 saturated carbocycles. The maximum absolute atomic E-state index is 5.29. The molecule has 0 radical (unpaired) electrons. The molecule has 0 spiro atoms. The van der Waals surface area contributed by atoms with E-state index in [0.29, 0.717) is 17.6 Å². The quantitative estimate of drug-likeness (QED) is 0.201. The summed E-state index contributed by atoms with van der Waals surface area (Å²) in [5.74, 6) is 1.89. The van der Waals surface area contributed by atoms with Gasteiger partial charge in [-0.15, -0.1) is 11.3 Å². The number of hydrogen-bond acceptors (Lipinski definition) is 5. The van der Waals surface area contributed by atoms with Gasteiger partial charge < -0.3 is 0 Å². The Labute approximate surface area is 268 Å². The lowest BCUT2D eigenvalue weighted by Gasteiger charge is -2.33. The van der Waals surface area contributed by atoms with Crippen LogP contribution in [0.4, 0.5) is 17.3 Å². The third-order valence-corrected chi connectivity index (χ3v) is 10.2. The summed E-state index contributed by atoms with van der Waals surface area (Å²) < 4.78 is 2.49. The van der Waals surface area contributed by atoms with Crippen LogP contribution in [-0.4, -0.2) is 15.0 Å². The first-order valence-electron chi connectivity index (χ1n) is 15.4. The SMILES string of the molecule is c1ccc(-c2nc(-c3ccc4c(c3)sc3ccccc34)nc(N3c4c(ccc5ccccc45)-c4cccc5cccc3c45)n2)cc1. The van der Waals surface area contributed by atoms with Gasteiger partial charge in [-0.25, -0.2) is 4.98 Å². The normalized spacial score (nSPS) is 12.3. The molecule has 0 aliphatic carbocycles. The van der Waals surface area contributed by atoms with Crippen LogP contribution < -0.4 is 4.90 Å². The van der Waals surface area contributed by atoms with Crippen molar-refractivity contribution in [2.75, 3.05) is 4.90 Å². The molecule has 0 unspecified atom stereocenters. The van der Waals surface area contributed by atoms with Crippen LogP contribution in [0.25, 0.3) is 75.6 Å². The fraction of sp³-hybridized carbons (Fsp3) is 0. The molecular weight excluding hydrogens is 581 g/mol. The van der Waals surface area contributed by atoms with E-state index in [1.165, 1.54) is 41.9 Å². The van der Waals surface area contributed by atoms with E-state index in [1.54, 1.807) is 11.3 Å². The molecule has 0 atom stereocenters. The number of thiophene rings is 1. The van der Waals surface area contributed by atoms with E-state index >= 15 is 0 Å². The third kappa shape index (κ3) is 3.76. The van der Waals surface area contributed by atoms with E-state index in [0.717, 1.165) is 33.5 Å². The average molecular weight is 605 g/mol. The maximum atomic E-state index is 5.29. The van der Waals surface area contributed by atoms with E-state index in [-0.39, 0.29) is 0 Å². The Kier molecular flexibility index (Phi) is 5.41. The number of fused-ring (bicyclic) bond motifs is 7. The van der Waals surface area contributed by atoms with Gasteiger partial charge in [0.25, 0.3) is 0 Å². The summed E-state index contributed by atoms with van der Waals surface area (Å²) in [5, 5.41) is 7.24. The second-order valence-electron chi connectivity index (χ2n) is 11.7. The highest BCUT2D eigenvalue weighted by atomic mass is 32.1.